The molecule has 1 amide bonds. The van der Waals surface area contributed by atoms with E-state index in [1.165, 1.54) is 12.1 Å². The third-order valence-corrected chi connectivity index (χ3v) is 3.61. The van der Waals surface area contributed by atoms with Crippen molar-refractivity contribution in [2.75, 3.05) is 13.2 Å². The molecule has 0 aliphatic heterocycles. The van der Waals surface area contributed by atoms with E-state index in [2.05, 4.69) is 12.2 Å². The molecule has 0 saturated heterocycles. The molecule has 25 heavy (non-hydrogen) atoms. The van der Waals surface area contributed by atoms with Crippen LogP contribution in [0, 0.1) is 10.1 Å². The topological polar surface area (TPSA) is 90.7 Å². The van der Waals surface area contributed by atoms with Crippen LogP contribution in [0.3, 0.4) is 0 Å². The Kier molecular flexibility index (Phi) is 8.74. The van der Waals surface area contributed by atoms with Crippen LogP contribution in [0.25, 0.3) is 0 Å². The van der Waals surface area contributed by atoms with E-state index in [9.17, 15) is 14.9 Å². The summed E-state index contributed by atoms with van der Waals surface area (Å²) in [6.45, 7) is 6.90. The molecule has 0 heterocycles. The molecule has 1 aromatic rings. The van der Waals surface area contributed by atoms with Gasteiger partial charge in [-0.2, -0.15) is 0 Å². The first-order chi connectivity index (χ1) is 11.8. The Morgan fingerprint density at radius 1 is 1.28 bits per heavy atom. The van der Waals surface area contributed by atoms with E-state index in [0.29, 0.717) is 18.9 Å². The molecule has 0 aliphatic rings. The number of unbranched alkanes of at least 4 members (excludes halogenated alkanes) is 2. The normalized spacial score (nSPS) is 11.0. The molecule has 1 aromatic carbocycles. The fraction of sp³-hybridized carbons (Fsp3) is 0.611. The van der Waals surface area contributed by atoms with Crippen LogP contribution in [0.15, 0.2) is 24.3 Å². The molecule has 0 aromatic heterocycles. The molecule has 7 heteroatoms. The zero-order chi connectivity index (χ0) is 18.7. The molecule has 0 unspecified atom stereocenters. The fourth-order valence-electron chi connectivity index (χ4n) is 2.41. The summed E-state index contributed by atoms with van der Waals surface area (Å²) in [6.07, 6.45) is 3.92. The van der Waals surface area contributed by atoms with Crippen molar-refractivity contribution < 1.29 is 19.2 Å². The number of carbonyl (C=O) groups excluding carboxylic acids is 1. The van der Waals surface area contributed by atoms with Crippen molar-refractivity contribution in [3.8, 4) is 5.75 Å². The van der Waals surface area contributed by atoms with E-state index in [-0.39, 0.29) is 11.8 Å². The second-order valence-electron chi connectivity index (χ2n) is 6.49. The standard InChI is InChI=1S/C18H28N2O5/c1-4-11-18(2,3)25-17(21)19-12-6-5-7-13-24-16-10-8-9-15(14-16)20(22)23/h8-10,14H,4-7,11-13H2,1-3H3,(H,19,21). The number of ether oxygens (including phenoxy) is 2. The number of nitrogens with zero attached hydrogens (tertiary/aromatic N) is 1. The summed E-state index contributed by atoms with van der Waals surface area (Å²) in [5, 5.41) is 13.4. The minimum absolute atomic E-state index is 0.0196. The molecule has 1 rings (SSSR count). The second kappa shape index (κ2) is 10.5. The van der Waals surface area contributed by atoms with Gasteiger partial charge in [-0.15, -0.1) is 0 Å². The number of nitro benzene ring substituents is 1. The summed E-state index contributed by atoms with van der Waals surface area (Å²) < 4.78 is 10.9. The maximum absolute atomic E-state index is 11.7. The first kappa shape index (κ1) is 20.7. The van der Waals surface area contributed by atoms with E-state index < -0.39 is 10.5 Å². The summed E-state index contributed by atoms with van der Waals surface area (Å²) in [5.41, 5.74) is -0.420. The number of alkyl carbamates (subject to hydrolysis) is 1. The van der Waals surface area contributed by atoms with E-state index in [1.807, 2.05) is 13.8 Å². The van der Waals surface area contributed by atoms with Crippen molar-refractivity contribution >= 4 is 11.8 Å². The lowest BCUT2D eigenvalue weighted by atomic mass is 10.0. The van der Waals surface area contributed by atoms with Crippen LogP contribution >= 0.6 is 0 Å². The molecule has 7 nitrogen and oxygen atoms in total. The minimum atomic E-state index is -0.445. The fourth-order valence-corrected chi connectivity index (χ4v) is 2.41. The highest BCUT2D eigenvalue weighted by Crippen LogP contribution is 2.19. The van der Waals surface area contributed by atoms with Crippen LogP contribution in [-0.4, -0.2) is 29.8 Å². The van der Waals surface area contributed by atoms with Gasteiger partial charge in [0.15, 0.2) is 0 Å². The molecular formula is C18H28N2O5. The summed E-state index contributed by atoms with van der Waals surface area (Å²) in [7, 11) is 0. The number of rotatable bonds is 11. The molecular weight excluding hydrogens is 324 g/mol. The molecule has 140 valence electrons. The maximum atomic E-state index is 11.7. The third-order valence-electron chi connectivity index (χ3n) is 3.61. The SMILES string of the molecule is CCCC(C)(C)OC(=O)NCCCCCOc1cccc([N+](=O)[O-])c1. The van der Waals surface area contributed by atoms with Gasteiger partial charge in [-0.1, -0.05) is 19.4 Å². The first-order valence-electron chi connectivity index (χ1n) is 8.68. The lowest BCUT2D eigenvalue weighted by Crippen LogP contribution is -2.35. The summed E-state index contributed by atoms with van der Waals surface area (Å²) in [4.78, 5) is 21.9. The number of nitrogens with one attached hydrogen (secondary N) is 1. The van der Waals surface area contributed by atoms with E-state index in [1.54, 1.807) is 12.1 Å². The van der Waals surface area contributed by atoms with Crippen molar-refractivity contribution in [3.63, 3.8) is 0 Å². The van der Waals surface area contributed by atoms with Crippen LogP contribution in [0.2, 0.25) is 0 Å². The number of non-ortho nitro benzene ring substituents is 1. The number of nitro groups is 1. The Hall–Kier alpha value is -2.31. The number of benzene rings is 1. The minimum Gasteiger partial charge on any atom is -0.493 e. The smallest absolute Gasteiger partial charge is 0.407 e. The molecule has 0 fully saturated rings. The van der Waals surface area contributed by atoms with Gasteiger partial charge < -0.3 is 14.8 Å². The van der Waals surface area contributed by atoms with Crippen molar-refractivity contribution in [2.24, 2.45) is 0 Å². The van der Waals surface area contributed by atoms with Gasteiger partial charge in [0.25, 0.3) is 5.69 Å². The summed E-state index contributed by atoms with van der Waals surface area (Å²) in [5.74, 6) is 0.494. The molecule has 0 aliphatic carbocycles. The van der Waals surface area contributed by atoms with E-state index in [4.69, 9.17) is 9.47 Å². The van der Waals surface area contributed by atoms with Crippen molar-refractivity contribution in [1.82, 2.24) is 5.32 Å². The largest absolute Gasteiger partial charge is 0.493 e. The predicted octanol–water partition coefficient (Wildman–Crippen LogP) is 4.45. The first-order valence-corrected chi connectivity index (χ1v) is 8.68. The van der Waals surface area contributed by atoms with Crippen LogP contribution < -0.4 is 10.1 Å². The van der Waals surface area contributed by atoms with Gasteiger partial charge >= 0.3 is 6.09 Å². The quantitative estimate of drug-likeness (QED) is 0.361. The van der Waals surface area contributed by atoms with Crippen molar-refractivity contribution in [2.45, 2.75) is 58.5 Å². The van der Waals surface area contributed by atoms with Crippen LogP contribution in [0.5, 0.6) is 5.75 Å². The molecule has 0 atom stereocenters. The maximum Gasteiger partial charge on any atom is 0.407 e. The molecule has 1 N–H and O–H groups in total. The Balaban J connectivity index is 2.12. The molecule has 0 bridgehead atoms. The Labute approximate surface area is 148 Å². The number of hydrogen-bond donors (Lipinski definition) is 1. The summed E-state index contributed by atoms with van der Waals surface area (Å²) >= 11 is 0. The van der Waals surface area contributed by atoms with Gasteiger partial charge in [-0.25, -0.2) is 4.79 Å². The van der Waals surface area contributed by atoms with Gasteiger partial charge in [-0.05, 0) is 45.6 Å². The van der Waals surface area contributed by atoms with E-state index >= 15 is 0 Å². The highest BCUT2D eigenvalue weighted by molar-refractivity contribution is 5.67. The monoisotopic (exact) mass is 352 g/mol. The van der Waals surface area contributed by atoms with Gasteiger partial charge in [0, 0.05) is 12.6 Å². The van der Waals surface area contributed by atoms with Crippen molar-refractivity contribution in [1.29, 1.82) is 0 Å². The lowest BCUT2D eigenvalue weighted by molar-refractivity contribution is -0.384. The molecule has 0 spiro atoms. The zero-order valence-electron chi connectivity index (χ0n) is 15.2. The number of carbonyl (C=O) groups is 1. The van der Waals surface area contributed by atoms with Gasteiger partial charge in [0.05, 0.1) is 17.6 Å². The predicted molar refractivity (Wildman–Crippen MR) is 95.9 cm³/mol. The van der Waals surface area contributed by atoms with Crippen molar-refractivity contribution in [3.05, 3.63) is 34.4 Å². The van der Waals surface area contributed by atoms with Crippen LogP contribution in [0.1, 0.15) is 52.9 Å². The van der Waals surface area contributed by atoms with Gasteiger partial charge in [0.1, 0.15) is 11.4 Å². The summed E-state index contributed by atoms with van der Waals surface area (Å²) in [6, 6.07) is 6.14. The lowest BCUT2D eigenvalue weighted by Gasteiger charge is -2.24. The highest BCUT2D eigenvalue weighted by Gasteiger charge is 2.21. The molecule has 0 radical (unpaired) electrons. The Morgan fingerprint density at radius 2 is 2.04 bits per heavy atom. The van der Waals surface area contributed by atoms with Crippen LogP contribution in [0.4, 0.5) is 10.5 Å². The number of amides is 1. The van der Waals surface area contributed by atoms with Crippen LogP contribution in [-0.2, 0) is 4.74 Å². The Bertz CT molecular complexity index is 560. The van der Waals surface area contributed by atoms with E-state index in [0.717, 1.165) is 32.1 Å². The second-order valence-corrected chi connectivity index (χ2v) is 6.49. The van der Waals surface area contributed by atoms with Gasteiger partial charge in [0.2, 0.25) is 0 Å². The highest BCUT2D eigenvalue weighted by atomic mass is 16.6. The Morgan fingerprint density at radius 3 is 2.72 bits per heavy atom. The average Bonchev–Trinajstić information content (AvgIpc) is 2.53. The van der Waals surface area contributed by atoms with Gasteiger partial charge in [-0.3, -0.25) is 10.1 Å². The third kappa shape index (κ3) is 8.93. The molecule has 0 saturated carbocycles. The number of hydrogen-bond acceptors (Lipinski definition) is 5. The average molecular weight is 352 g/mol. The zero-order valence-corrected chi connectivity index (χ0v) is 15.2.